The van der Waals surface area contributed by atoms with Gasteiger partial charge in [-0.25, -0.2) is 11.6 Å². The van der Waals surface area contributed by atoms with Gasteiger partial charge in [0.05, 0.1) is 0 Å². The standard InChI is InChI=1S/C13H21.Ti/c1-5-6-7-11-8-9-12(10-11)13(2,3)4;/h10H,5-8H2,1-4H3;/q-1;. The van der Waals surface area contributed by atoms with Gasteiger partial charge in [0.2, 0.25) is 0 Å². The van der Waals surface area contributed by atoms with Gasteiger partial charge in [-0.1, -0.05) is 40.5 Å². The van der Waals surface area contributed by atoms with Crippen molar-refractivity contribution in [3.8, 4) is 0 Å². The molecule has 0 aromatic heterocycles. The molecule has 1 rings (SSSR count). The molecule has 1 aliphatic carbocycles. The Balaban J connectivity index is 0.00000169. The number of rotatable bonds is 3. The summed E-state index contributed by atoms with van der Waals surface area (Å²) in [6.07, 6.45) is 10.8. The van der Waals surface area contributed by atoms with Crippen molar-refractivity contribution in [1.29, 1.82) is 0 Å². The van der Waals surface area contributed by atoms with Gasteiger partial charge >= 0.3 is 0 Å². The van der Waals surface area contributed by atoms with Gasteiger partial charge in [-0.3, -0.25) is 6.08 Å². The zero-order valence-electron chi connectivity index (χ0n) is 9.91. The van der Waals surface area contributed by atoms with E-state index in [1.54, 1.807) is 5.57 Å². The summed E-state index contributed by atoms with van der Waals surface area (Å²) in [4.78, 5) is 0. The second-order valence-electron chi connectivity index (χ2n) is 4.92. The van der Waals surface area contributed by atoms with Crippen molar-refractivity contribution in [2.75, 3.05) is 0 Å². The maximum absolute atomic E-state index is 3.48. The van der Waals surface area contributed by atoms with E-state index in [2.05, 4.69) is 39.8 Å². The average molecular weight is 225 g/mol. The molecular weight excluding hydrogens is 204 g/mol. The van der Waals surface area contributed by atoms with Crippen molar-refractivity contribution in [3.05, 3.63) is 23.3 Å². The second kappa shape index (κ2) is 5.93. The van der Waals surface area contributed by atoms with Crippen molar-refractivity contribution in [3.63, 3.8) is 0 Å². The topological polar surface area (TPSA) is 0 Å². The van der Waals surface area contributed by atoms with Gasteiger partial charge in [0.1, 0.15) is 0 Å². The van der Waals surface area contributed by atoms with Crippen molar-refractivity contribution < 1.29 is 21.7 Å². The molecule has 0 amide bonds. The minimum atomic E-state index is 0. The van der Waals surface area contributed by atoms with Crippen LogP contribution in [0, 0.1) is 11.5 Å². The quantitative estimate of drug-likeness (QED) is 0.496. The smallest absolute Gasteiger partial charge is 0 e. The molecule has 14 heavy (non-hydrogen) atoms. The first-order valence-corrected chi connectivity index (χ1v) is 5.35. The first kappa shape index (κ1) is 14.2. The van der Waals surface area contributed by atoms with Gasteiger partial charge < -0.3 is 0 Å². The molecule has 0 bridgehead atoms. The monoisotopic (exact) mass is 225 g/mol. The molecule has 0 aromatic rings. The van der Waals surface area contributed by atoms with E-state index in [4.69, 9.17) is 0 Å². The molecule has 0 saturated heterocycles. The Morgan fingerprint density at radius 2 is 2.00 bits per heavy atom. The summed E-state index contributed by atoms with van der Waals surface area (Å²) < 4.78 is 0. The Hall–Kier alpha value is 0.194. The van der Waals surface area contributed by atoms with Gasteiger partial charge in [-0.15, -0.1) is 6.42 Å². The predicted molar refractivity (Wildman–Crippen MR) is 58.4 cm³/mol. The molecule has 1 aliphatic rings. The molecule has 78 valence electrons. The third-order valence-corrected chi connectivity index (χ3v) is 2.51. The molecule has 0 radical (unpaired) electrons. The first-order valence-electron chi connectivity index (χ1n) is 5.35. The van der Waals surface area contributed by atoms with Crippen LogP contribution in [0.2, 0.25) is 0 Å². The van der Waals surface area contributed by atoms with E-state index >= 15 is 0 Å². The molecule has 0 heterocycles. The zero-order chi connectivity index (χ0) is 9.90. The summed E-state index contributed by atoms with van der Waals surface area (Å²) in [5, 5.41) is 0. The Morgan fingerprint density at radius 3 is 2.43 bits per heavy atom. The van der Waals surface area contributed by atoms with Crippen LogP contribution < -0.4 is 0 Å². The van der Waals surface area contributed by atoms with Gasteiger partial charge in [0, 0.05) is 21.7 Å². The van der Waals surface area contributed by atoms with Crippen LogP contribution in [0.3, 0.4) is 0 Å². The zero-order valence-corrected chi connectivity index (χ0v) is 11.5. The van der Waals surface area contributed by atoms with Crippen LogP contribution >= 0.6 is 0 Å². The molecule has 0 fully saturated rings. The summed E-state index contributed by atoms with van der Waals surface area (Å²) in [5.41, 5.74) is 3.26. The van der Waals surface area contributed by atoms with Gasteiger partial charge in [0.25, 0.3) is 0 Å². The normalized spacial score (nSPS) is 16.0. The van der Waals surface area contributed by atoms with Crippen LogP contribution in [-0.2, 0) is 21.7 Å². The summed E-state index contributed by atoms with van der Waals surface area (Å²) in [7, 11) is 0. The van der Waals surface area contributed by atoms with Crippen LogP contribution in [0.15, 0.2) is 17.2 Å². The minimum Gasteiger partial charge on any atom is -0.269 e. The van der Waals surface area contributed by atoms with E-state index in [1.807, 2.05) is 0 Å². The average Bonchev–Trinajstić information content (AvgIpc) is 2.47. The molecule has 1 heteroatoms. The van der Waals surface area contributed by atoms with Crippen LogP contribution in [0.4, 0.5) is 0 Å². The fraction of sp³-hybridized carbons (Fsp3) is 0.692. The van der Waals surface area contributed by atoms with E-state index in [0.717, 1.165) is 6.42 Å². The molecule has 0 atom stereocenters. The SMILES string of the molecule is CCCCC1=CC(C(C)(C)C)=[C-]C1.[Ti]. The van der Waals surface area contributed by atoms with Gasteiger partial charge in [0.15, 0.2) is 0 Å². The molecule has 0 aliphatic heterocycles. The Bertz CT molecular complexity index is 228. The summed E-state index contributed by atoms with van der Waals surface area (Å²) in [5.74, 6) is 0. The summed E-state index contributed by atoms with van der Waals surface area (Å²) >= 11 is 0. The van der Waals surface area contributed by atoms with Crippen LogP contribution in [0.25, 0.3) is 0 Å². The fourth-order valence-corrected chi connectivity index (χ4v) is 1.56. The Labute approximate surface area is 104 Å². The molecule has 0 nitrogen and oxygen atoms in total. The van der Waals surface area contributed by atoms with E-state index in [0.29, 0.717) is 0 Å². The van der Waals surface area contributed by atoms with Gasteiger partial charge in [-0.2, -0.15) is 5.57 Å². The fourth-order valence-electron chi connectivity index (χ4n) is 1.56. The van der Waals surface area contributed by atoms with Crippen molar-refractivity contribution in [2.24, 2.45) is 5.41 Å². The number of hydrogen-bond donors (Lipinski definition) is 0. The van der Waals surface area contributed by atoms with E-state index in [-0.39, 0.29) is 27.1 Å². The van der Waals surface area contributed by atoms with Crippen molar-refractivity contribution in [2.45, 2.75) is 53.4 Å². The van der Waals surface area contributed by atoms with Crippen molar-refractivity contribution in [1.82, 2.24) is 0 Å². The maximum atomic E-state index is 3.48. The molecule has 0 spiro atoms. The molecular formula is C13H21Ti-. The summed E-state index contributed by atoms with van der Waals surface area (Å²) in [6, 6.07) is 0. The molecule has 0 N–H and O–H groups in total. The Morgan fingerprint density at radius 1 is 1.36 bits per heavy atom. The maximum Gasteiger partial charge on any atom is 0 e. The number of unbranched alkanes of at least 4 members (excludes halogenated alkanes) is 1. The largest absolute Gasteiger partial charge is 0.269 e. The Kier molecular flexibility index (Phi) is 6.01. The molecule has 0 unspecified atom stereocenters. The molecule has 0 aromatic carbocycles. The summed E-state index contributed by atoms with van der Waals surface area (Å²) in [6.45, 7) is 9.02. The minimum absolute atomic E-state index is 0. The third kappa shape index (κ3) is 4.15. The molecule has 0 saturated carbocycles. The van der Waals surface area contributed by atoms with Crippen molar-refractivity contribution >= 4 is 0 Å². The van der Waals surface area contributed by atoms with Crippen LogP contribution in [-0.4, -0.2) is 0 Å². The van der Waals surface area contributed by atoms with Crippen LogP contribution in [0.1, 0.15) is 53.4 Å². The van der Waals surface area contributed by atoms with E-state index in [1.165, 1.54) is 24.8 Å². The second-order valence-corrected chi connectivity index (χ2v) is 4.92. The van der Waals surface area contributed by atoms with E-state index in [9.17, 15) is 0 Å². The number of hydrogen-bond acceptors (Lipinski definition) is 0. The van der Waals surface area contributed by atoms with E-state index < -0.39 is 0 Å². The number of allylic oxidation sites excluding steroid dienone is 4. The van der Waals surface area contributed by atoms with Gasteiger partial charge in [-0.05, 0) is 11.8 Å². The third-order valence-electron chi connectivity index (χ3n) is 2.51. The predicted octanol–water partition coefficient (Wildman–Crippen LogP) is 4.28. The van der Waals surface area contributed by atoms with Crippen LogP contribution in [0.5, 0.6) is 0 Å². The first-order chi connectivity index (χ1) is 6.04.